The molecule has 2 aromatic heterocycles. The van der Waals surface area contributed by atoms with Gasteiger partial charge in [0, 0.05) is 33.3 Å². The Labute approximate surface area is 299 Å². The molecular weight excluding hydrogens is 696 g/mol. The summed E-state index contributed by atoms with van der Waals surface area (Å²) in [5.74, 6) is -10.5. The lowest BCUT2D eigenvalue weighted by molar-refractivity contribution is -0.139. The van der Waals surface area contributed by atoms with Crippen LogP contribution < -0.4 is 4.74 Å². The van der Waals surface area contributed by atoms with Crippen molar-refractivity contribution in [1.29, 1.82) is 0 Å². The van der Waals surface area contributed by atoms with Crippen molar-refractivity contribution in [3.63, 3.8) is 0 Å². The Hall–Kier alpha value is -6.24. The molecule has 6 rings (SSSR count). The third-order valence-electron chi connectivity index (χ3n) is 9.21. The van der Waals surface area contributed by atoms with Crippen LogP contribution in [0.25, 0.3) is 21.8 Å². The fourth-order valence-corrected chi connectivity index (χ4v) is 6.89. The van der Waals surface area contributed by atoms with Crippen LogP contribution >= 0.6 is 0 Å². The van der Waals surface area contributed by atoms with Crippen LogP contribution in [0.5, 0.6) is 11.5 Å². The van der Waals surface area contributed by atoms with Gasteiger partial charge in [-0.05, 0) is 91.1 Å². The zero-order valence-electron chi connectivity index (χ0n) is 29.1. The highest BCUT2D eigenvalue weighted by Crippen LogP contribution is 2.45. The van der Waals surface area contributed by atoms with Crippen LogP contribution in [0.15, 0.2) is 72.8 Å². The van der Waals surface area contributed by atoms with Crippen molar-refractivity contribution in [2.45, 2.75) is 47.0 Å². The molecule has 1 atom stereocenters. The van der Waals surface area contributed by atoms with Crippen molar-refractivity contribution in [2.24, 2.45) is 5.41 Å². The van der Waals surface area contributed by atoms with Gasteiger partial charge in [-0.15, -0.1) is 0 Å². The Balaban J connectivity index is 1.51. The minimum Gasteiger partial charge on any atom is -0.505 e. The lowest BCUT2D eigenvalue weighted by Gasteiger charge is -2.29. The summed E-state index contributed by atoms with van der Waals surface area (Å²) in [7, 11) is 0. The van der Waals surface area contributed by atoms with E-state index in [2.05, 4.69) is 0 Å². The van der Waals surface area contributed by atoms with E-state index in [4.69, 9.17) is 4.74 Å². The maximum absolute atomic E-state index is 16.6. The summed E-state index contributed by atoms with van der Waals surface area (Å²) in [4.78, 5) is 53.5. The number of ether oxygens (including phenoxy) is 1. The number of aromatic hydroxyl groups is 1. The van der Waals surface area contributed by atoms with Gasteiger partial charge in [0.05, 0.1) is 23.4 Å². The first kappa shape index (κ1) is 36.5. The highest BCUT2D eigenvalue weighted by Gasteiger charge is 2.41. The van der Waals surface area contributed by atoms with E-state index >= 15 is 8.78 Å². The van der Waals surface area contributed by atoms with Gasteiger partial charge >= 0.3 is 11.9 Å². The number of hydrogen-bond donors (Lipinski definition) is 2. The number of nitrogens with zero attached hydrogens (tertiary/aromatic N) is 2. The average molecular weight is 729 g/mol. The van der Waals surface area contributed by atoms with Gasteiger partial charge < -0.3 is 14.9 Å². The van der Waals surface area contributed by atoms with Gasteiger partial charge in [-0.2, -0.15) is 0 Å². The summed E-state index contributed by atoms with van der Waals surface area (Å²) >= 11 is 0. The molecule has 2 N–H and O–H groups in total. The molecule has 6 aromatic rings. The molecule has 0 radical (unpaired) electrons. The molecule has 13 heteroatoms. The maximum atomic E-state index is 16.6. The molecule has 0 saturated carbocycles. The summed E-state index contributed by atoms with van der Waals surface area (Å²) < 4.78 is 68.5. The van der Waals surface area contributed by atoms with Crippen molar-refractivity contribution >= 4 is 45.6 Å². The smallest absolute Gasteiger partial charge is 0.319 e. The van der Waals surface area contributed by atoms with Crippen LogP contribution in [-0.4, -0.2) is 43.1 Å². The Morgan fingerprint density at radius 2 is 1.26 bits per heavy atom. The Morgan fingerprint density at radius 1 is 0.736 bits per heavy atom. The standard InChI is InChI=1S/C40H32F4N2O7/c1-19-25(18-30(48)49)32-26(45(19)37(50)21-8-6-10-23(41)16-21)13-15-29(36(32)44)53-39(52)34(40(3,4)5)31-20(2)46(27-12-14-28(47)35(43)33(27)31)38(51)22-9-7-11-24(42)17-22/h6-17,34,47H,18H2,1-5H3,(H,48,49). The van der Waals surface area contributed by atoms with Crippen LogP contribution in [0.2, 0.25) is 0 Å². The van der Waals surface area contributed by atoms with Crippen LogP contribution in [0.3, 0.4) is 0 Å². The number of phenolic OH excluding ortho intramolecular Hbond substituents is 1. The van der Waals surface area contributed by atoms with E-state index in [1.807, 2.05) is 0 Å². The predicted octanol–water partition coefficient (Wildman–Crippen LogP) is 8.21. The van der Waals surface area contributed by atoms with Gasteiger partial charge in [-0.25, -0.2) is 17.6 Å². The number of carbonyl (C=O) groups excluding carboxylic acids is 3. The highest BCUT2D eigenvalue weighted by atomic mass is 19.1. The zero-order chi connectivity index (χ0) is 38.7. The maximum Gasteiger partial charge on any atom is 0.319 e. The third kappa shape index (κ3) is 6.32. The van der Waals surface area contributed by atoms with Crippen molar-refractivity contribution in [3.05, 3.63) is 130 Å². The molecule has 1 unspecified atom stereocenters. The summed E-state index contributed by atoms with van der Waals surface area (Å²) in [6.45, 7) is 7.73. The van der Waals surface area contributed by atoms with Gasteiger partial charge in [-0.3, -0.25) is 28.3 Å². The number of fused-ring (bicyclic) bond motifs is 2. The molecule has 0 saturated heterocycles. The highest BCUT2D eigenvalue weighted by molar-refractivity contribution is 6.07. The van der Waals surface area contributed by atoms with Gasteiger partial charge in [0.25, 0.3) is 11.8 Å². The first-order valence-electron chi connectivity index (χ1n) is 16.3. The second kappa shape index (κ2) is 13.4. The number of benzene rings is 4. The summed E-state index contributed by atoms with van der Waals surface area (Å²) in [6.07, 6.45) is -0.717. The van der Waals surface area contributed by atoms with E-state index in [0.29, 0.717) is 0 Å². The Bertz CT molecular complexity index is 2530. The Kier molecular flexibility index (Phi) is 9.23. The number of aromatic nitrogens is 2. The molecule has 0 aliphatic heterocycles. The van der Waals surface area contributed by atoms with Crippen LogP contribution in [-0.2, 0) is 16.0 Å². The number of carboxylic acids is 1. The molecule has 2 heterocycles. The monoisotopic (exact) mass is 728 g/mol. The molecule has 0 aliphatic rings. The van der Waals surface area contributed by atoms with Crippen molar-refractivity contribution in [3.8, 4) is 11.5 Å². The average Bonchev–Trinajstić information content (AvgIpc) is 3.52. The van der Waals surface area contributed by atoms with Crippen LogP contribution in [0.1, 0.15) is 69.9 Å². The van der Waals surface area contributed by atoms with E-state index in [9.17, 15) is 38.2 Å². The first-order chi connectivity index (χ1) is 24.9. The molecule has 272 valence electrons. The molecule has 0 bridgehead atoms. The van der Waals surface area contributed by atoms with E-state index in [1.54, 1.807) is 20.8 Å². The van der Waals surface area contributed by atoms with Gasteiger partial charge in [0.15, 0.2) is 23.1 Å². The number of hydrogen-bond acceptors (Lipinski definition) is 6. The number of carboxylic acid groups (broad SMARTS) is 1. The topological polar surface area (TPSA) is 128 Å². The number of halogens is 4. The second-order valence-electron chi connectivity index (χ2n) is 13.7. The molecule has 0 spiro atoms. The van der Waals surface area contributed by atoms with E-state index < -0.39 is 76.3 Å². The fourth-order valence-electron chi connectivity index (χ4n) is 6.89. The first-order valence-corrected chi connectivity index (χ1v) is 16.3. The summed E-state index contributed by atoms with van der Waals surface area (Å²) in [6, 6.07) is 14.3. The van der Waals surface area contributed by atoms with Crippen molar-refractivity contribution in [1.82, 2.24) is 9.13 Å². The normalized spacial score (nSPS) is 12.3. The third-order valence-corrected chi connectivity index (χ3v) is 9.21. The van der Waals surface area contributed by atoms with Gasteiger partial charge in [0.2, 0.25) is 0 Å². The van der Waals surface area contributed by atoms with Crippen LogP contribution in [0.4, 0.5) is 17.6 Å². The number of esters is 1. The molecule has 0 aliphatic carbocycles. The lowest BCUT2D eigenvalue weighted by atomic mass is 9.75. The molecule has 0 amide bonds. The minimum atomic E-state index is -1.42. The quantitative estimate of drug-likeness (QED) is 0.0964. The predicted molar refractivity (Wildman–Crippen MR) is 186 cm³/mol. The van der Waals surface area contributed by atoms with Gasteiger partial charge in [0.1, 0.15) is 11.6 Å². The van der Waals surface area contributed by atoms with Crippen molar-refractivity contribution in [2.75, 3.05) is 0 Å². The molecule has 0 fully saturated rings. The number of carbonyl (C=O) groups is 4. The van der Waals surface area contributed by atoms with Crippen molar-refractivity contribution < 1.29 is 51.7 Å². The fraction of sp³-hybridized carbons (Fsp3) is 0.200. The largest absolute Gasteiger partial charge is 0.505 e. The van der Waals surface area contributed by atoms with E-state index in [0.717, 1.165) is 45.5 Å². The minimum absolute atomic E-state index is 0.0326. The summed E-state index contributed by atoms with van der Waals surface area (Å²) in [5, 5.41) is 19.5. The lowest BCUT2D eigenvalue weighted by Crippen LogP contribution is -2.31. The van der Waals surface area contributed by atoms with E-state index in [1.165, 1.54) is 50.2 Å². The SMILES string of the molecule is Cc1c(CC(=O)O)c2c(F)c(OC(=O)C(c3c(C)n(C(=O)c4cccc(F)c4)c4ccc(O)c(F)c34)C(C)(C)C)ccc2n1C(=O)c1cccc(F)c1. The molecule has 9 nitrogen and oxygen atoms in total. The summed E-state index contributed by atoms with van der Waals surface area (Å²) in [5.41, 5.74) is -1.37. The Morgan fingerprint density at radius 3 is 1.79 bits per heavy atom. The van der Waals surface area contributed by atoms with Crippen LogP contribution in [0, 0.1) is 42.5 Å². The number of phenols is 1. The molecular formula is C40H32F4N2O7. The number of aliphatic carboxylic acids is 1. The van der Waals surface area contributed by atoms with Gasteiger partial charge in [-0.1, -0.05) is 32.9 Å². The second-order valence-corrected chi connectivity index (χ2v) is 13.7. The molecule has 4 aromatic carbocycles. The molecule has 53 heavy (non-hydrogen) atoms. The number of rotatable bonds is 7. The zero-order valence-corrected chi connectivity index (χ0v) is 29.1. The van der Waals surface area contributed by atoms with E-state index in [-0.39, 0.29) is 55.4 Å².